The highest BCUT2D eigenvalue weighted by Gasteiger charge is 2.19. The maximum Gasteiger partial charge on any atom is 0.125 e. The van der Waals surface area contributed by atoms with E-state index in [0.717, 1.165) is 22.2 Å². The number of hydrogen-bond acceptors (Lipinski definition) is 2. The molecule has 0 amide bonds. The number of likely N-dealkylation sites (N-methyl/N-ethyl adjacent to an activating group) is 1. The molecule has 1 atom stereocenters. The molecule has 0 aliphatic heterocycles. The van der Waals surface area contributed by atoms with E-state index < -0.39 is 0 Å². The van der Waals surface area contributed by atoms with Crippen LogP contribution in [-0.2, 0) is 0 Å². The second-order valence-corrected chi connectivity index (χ2v) is 4.57. The van der Waals surface area contributed by atoms with Gasteiger partial charge in [0.2, 0.25) is 0 Å². The Kier molecular flexibility index (Phi) is 3.17. The fourth-order valence-electron chi connectivity index (χ4n) is 2.34. The van der Waals surface area contributed by atoms with Gasteiger partial charge in [-0.3, -0.25) is 0 Å². The molecule has 3 N–H and O–H groups in total. The van der Waals surface area contributed by atoms with Crippen LogP contribution in [0, 0.1) is 12.7 Å². The standard InChI is InChI=1S/C13H18FN3/c1-8-13(12(7-15)17(2)3)10-5-4-9(14)6-11(10)16-8/h4-6,12,16H,7,15H2,1-3H3. The molecule has 2 aromatic rings. The molecule has 0 aliphatic carbocycles. The molecular weight excluding hydrogens is 217 g/mol. The van der Waals surface area contributed by atoms with Crippen LogP contribution in [0.4, 0.5) is 4.39 Å². The van der Waals surface area contributed by atoms with Crippen molar-refractivity contribution in [2.24, 2.45) is 5.73 Å². The molecule has 4 heteroatoms. The summed E-state index contributed by atoms with van der Waals surface area (Å²) in [5.74, 6) is -0.223. The minimum Gasteiger partial charge on any atom is -0.358 e. The number of fused-ring (bicyclic) bond motifs is 1. The van der Waals surface area contributed by atoms with E-state index in [9.17, 15) is 4.39 Å². The predicted octanol–water partition coefficient (Wildman–Crippen LogP) is 2.18. The first-order valence-electron chi connectivity index (χ1n) is 5.68. The number of nitrogens with one attached hydrogen (secondary N) is 1. The average molecular weight is 235 g/mol. The first-order valence-corrected chi connectivity index (χ1v) is 5.68. The molecule has 1 aromatic heterocycles. The number of aromatic nitrogens is 1. The third-order valence-electron chi connectivity index (χ3n) is 3.18. The van der Waals surface area contributed by atoms with Gasteiger partial charge in [0.1, 0.15) is 5.82 Å². The van der Waals surface area contributed by atoms with Gasteiger partial charge in [-0.25, -0.2) is 4.39 Å². The van der Waals surface area contributed by atoms with E-state index in [1.165, 1.54) is 12.1 Å². The smallest absolute Gasteiger partial charge is 0.125 e. The summed E-state index contributed by atoms with van der Waals surface area (Å²) in [6.07, 6.45) is 0. The second kappa shape index (κ2) is 4.47. The Morgan fingerprint density at radius 2 is 2.12 bits per heavy atom. The zero-order valence-electron chi connectivity index (χ0n) is 10.4. The number of halogens is 1. The predicted molar refractivity (Wildman–Crippen MR) is 68.5 cm³/mol. The highest BCUT2D eigenvalue weighted by Crippen LogP contribution is 2.30. The molecule has 3 nitrogen and oxygen atoms in total. The fourth-order valence-corrected chi connectivity index (χ4v) is 2.34. The van der Waals surface area contributed by atoms with Crippen molar-refractivity contribution in [3.05, 3.63) is 35.3 Å². The van der Waals surface area contributed by atoms with Crippen molar-refractivity contribution in [2.45, 2.75) is 13.0 Å². The summed E-state index contributed by atoms with van der Waals surface area (Å²) in [6, 6.07) is 4.97. The Balaban J connectivity index is 2.63. The van der Waals surface area contributed by atoms with Gasteiger partial charge in [-0.15, -0.1) is 0 Å². The zero-order valence-corrected chi connectivity index (χ0v) is 10.4. The molecule has 17 heavy (non-hydrogen) atoms. The number of aromatic amines is 1. The number of benzene rings is 1. The highest BCUT2D eigenvalue weighted by atomic mass is 19.1. The first kappa shape index (κ1) is 12.1. The van der Waals surface area contributed by atoms with Crippen LogP contribution in [0.3, 0.4) is 0 Å². The lowest BCUT2D eigenvalue weighted by Gasteiger charge is -2.23. The minimum atomic E-state index is -0.223. The monoisotopic (exact) mass is 235 g/mol. The Hall–Kier alpha value is -1.39. The van der Waals surface area contributed by atoms with Gasteiger partial charge in [-0.05, 0) is 44.8 Å². The van der Waals surface area contributed by atoms with Crippen LogP contribution < -0.4 is 5.73 Å². The molecule has 0 bridgehead atoms. The Bertz CT molecular complexity index is 531. The Morgan fingerprint density at radius 1 is 1.41 bits per heavy atom. The number of nitrogens with zero attached hydrogens (tertiary/aromatic N) is 1. The zero-order chi connectivity index (χ0) is 12.6. The minimum absolute atomic E-state index is 0.147. The summed E-state index contributed by atoms with van der Waals surface area (Å²) < 4.78 is 13.2. The molecule has 1 unspecified atom stereocenters. The molecule has 0 saturated carbocycles. The lowest BCUT2D eigenvalue weighted by atomic mass is 10.0. The molecule has 0 radical (unpaired) electrons. The van der Waals surface area contributed by atoms with Gasteiger partial charge in [0.05, 0.1) is 0 Å². The quantitative estimate of drug-likeness (QED) is 0.856. The van der Waals surface area contributed by atoms with Crippen LogP contribution in [0.15, 0.2) is 18.2 Å². The normalized spacial score (nSPS) is 13.5. The van der Waals surface area contributed by atoms with E-state index in [4.69, 9.17) is 5.73 Å². The van der Waals surface area contributed by atoms with Gasteiger partial charge in [-0.2, -0.15) is 0 Å². The van der Waals surface area contributed by atoms with E-state index >= 15 is 0 Å². The molecule has 1 heterocycles. The van der Waals surface area contributed by atoms with Crippen LogP contribution in [0.2, 0.25) is 0 Å². The van der Waals surface area contributed by atoms with Crippen LogP contribution in [0.1, 0.15) is 17.3 Å². The van der Waals surface area contributed by atoms with E-state index in [1.807, 2.05) is 27.1 Å². The second-order valence-electron chi connectivity index (χ2n) is 4.57. The fraction of sp³-hybridized carbons (Fsp3) is 0.385. The van der Waals surface area contributed by atoms with Crippen molar-refractivity contribution in [3.63, 3.8) is 0 Å². The van der Waals surface area contributed by atoms with Crippen molar-refractivity contribution >= 4 is 10.9 Å². The van der Waals surface area contributed by atoms with Gasteiger partial charge >= 0.3 is 0 Å². The number of rotatable bonds is 3. The van der Waals surface area contributed by atoms with E-state index in [0.29, 0.717) is 6.54 Å². The summed E-state index contributed by atoms with van der Waals surface area (Å²) in [6.45, 7) is 2.54. The van der Waals surface area contributed by atoms with Crippen molar-refractivity contribution in [3.8, 4) is 0 Å². The van der Waals surface area contributed by atoms with E-state index in [1.54, 1.807) is 0 Å². The molecule has 0 spiro atoms. The summed E-state index contributed by atoms with van der Waals surface area (Å²) in [7, 11) is 4.00. The molecule has 0 aliphatic rings. The van der Waals surface area contributed by atoms with Crippen LogP contribution in [-0.4, -0.2) is 30.5 Å². The lowest BCUT2D eigenvalue weighted by molar-refractivity contribution is 0.307. The van der Waals surface area contributed by atoms with Gasteiger partial charge in [-0.1, -0.05) is 0 Å². The van der Waals surface area contributed by atoms with Gasteiger partial charge < -0.3 is 15.6 Å². The number of hydrogen-bond donors (Lipinski definition) is 2. The molecule has 2 rings (SSSR count). The largest absolute Gasteiger partial charge is 0.358 e. The maximum atomic E-state index is 13.2. The summed E-state index contributed by atoms with van der Waals surface area (Å²) in [5.41, 5.74) is 8.87. The van der Waals surface area contributed by atoms with Gasteiger partial charge in [0.25, 0.3) is 0 Å². The van der Waals surface area contributed by atoms with Crippen LogP contribution in [0.25, 0.3) is 10.9 Å². The molecule has 0 fully saturated rings. The van der Waals surface area contributed by atoms with Crippen LogP contribution >= 0.6 is 0 Å². The molecule has 92 valence electrons. The molecular formula is C13H18FN3. The number of nitrogens with two attached hydrogens (primary N) is 1. The van der Waals surface area contributed by atoms with Crippen molar-refractivity contribution in [1.82, 2.24) is 9.88 Å². The first-order chi connectivity index (χ1) is 8.04. The average Bonchev–Trinajstić information content (AvgIpc) is 2.55. The van der Waals surface area contributed by atoms with Crippen LogP contribution in [0.5, 0.6) is 0 Å². The summed E-state index contributed by atoms with van der Waals surface area (Å²) in [5, 5.41) is 1.05. The summed E-state index contributed by atoms with van der Waals surface area (Å²) >= 11 is 0. The lowest BCUT2D eigenvalue weighted by Crippen LogP contribution is -2.27. The topological polar surface area (TPSA) is 45.1 Å². The molecule has 0 saturated heterocycles. The number of aryl methyl sites for hydroxylation is 1. The SMILES string of the molecule is Cc1[nH]c2cc(F)ccc2c1C(CN)N(C)C. The van der Waals surface area contributed by atoms with Crippen molar-refractivity contribution < 1.29 is 4.39 Å². The maximum absolute atomic E-state index is 13.2. The third kappa shape index (κ3) is 2.06. The van der Waals surface area contributed by atoms with Crippen molar-refractivity contribution in [2.75, 3.05) is 20.6 Å². The summed E-state index contributed by atoms with van der Waals surface area (Å²) in [4.78, 5) is 5.30. The van der Waals surface area contributed by atoms with E-state index in [2.05, 4.69) is 9.88 Å². The highest BCUT2D eigenvalue weighted by molar-refractivity contribution is 5.85. The Morgan fingerprint density at radius 3 is 2.71 bits per heavy atom. The third-order valence-corrected chi connectivity index (χ3v) is 3.18. The number of H-pyrrole nitrogens is 1. The Labute approximate surface area is 100 Å². The van der Waals surface area contributed by atoms with Gasteiger partial charge in [0, 0.05) is 29.2 Å². The van der Waals surface area contributed by atoms with Crippen molar-refractivity contribution in [1.29, 1.82) is 0 Å². The van der Waals surface area contributed by atoms with E-state index in [-0.39, 0.29) is 11.9 Å². The van der Waals surface area contributed by atoms with Gasteiger partial charge in [0.15, 0.2) is 0 Å². The molecule has 1 aromatic carbocycles.